The normalized spacial score (nSPS) is 29.7. The maximum absolute atomic E-state index is 12.5. The third-order valence-corrected chi connectivity index (χ3v) is 4.73. The summed E-state index contributed by atoms with van der Waals surface area (Å²) in [4.78, 5) is 26.8. The number of aromatic amines is 1. The number of carbonyl (C=O) groups is 1. The van der Waals surface area contributed by atoms with Crippen LogP contribution in [0.15, 0.2) is 16.9 Å². The third-order valence-electron chi connectivity index (χ3n) is 4.73. The molecular weight excluding hydrogens is 284 g/mol. The van der Waals surface area contributed by atoms with Crippen molar-refractivity contribution in [2.45, 2.75) is 31.9 Å². The summed E-state index contributed by atoms with van der Waals surface area (Å²) >= 11 is 0. The van der Waals surface area contributed by atoms with Crippen LogP contribution in [0.1, 0.15) is 29.4 Å². The maximum atomic E-state index is 12.5. The zero-order valence-electron chi connectivity index (χ0n) is 12.9. The Kier molecular flexibility index (Phi) is 4.31. The van der Waals surface area contributed by atoms with Crippen molar-refractivity contribution in [3.63, 3.8) is 0 Å². The quantitative estimate of drug-likeness (QED) is 0.840. The fraction of sp³-hybridized carbons (Fsp3) is 0.625. The SMILES string of the molecule is CCc1cc(C(=O)N[C@H]2[C@@H]3CCO[C@@H]3[C@H]2COC)cc(=O)[nH]1. The van der Waals surface area contributed by atoms with Crippen molar-refractivity contribution in [2.75, 3.05) is 20.3 Å². The van der Waals surface area contributed by atoms with E-state index in [1.807, 2.05) is 6.92 Å². The zero-order valence-corrected chi connectivity index (χ0v) is 12.9. The van der Waals surface area contributed by atoms with E-state index in [1.54, 1.807) is 13.2 Å². The summed E-state index contributed by atoms with van der Waals surface area (Å²) in [5.41, 5.74) is 0.939. The first-order valence-electron chi connectivity index (χ1n) is 7.78. The standard InChI is InChI=1S/C16H22N2O4/c1-3-10-6-9(7-13(19)17-10)16(20)18-14-11-4-5-22-15(11)12(14)8-21-2/h6-7,11-12,14-15H,3-5,8H2,1-2H3,(H,17,19)(H,18,20)/t11-,12-,14-,15-/m0/s1. The molecule has 0 unspecified atom stereocenters. The Balaban J connectivity index is 1.73. The Hall–Kier alpha value is -1.66. The number of hydrogen-bond acceptors (Lipinski definition) is 4. The van der Waals surface area contributed by atoms with Crippen LogP contribution in [0.3, 0.4) is 0 Å². The molecule has 6 nitrogen and oxygen atoms in total. The lowest BCUT2D eigenvalue weighted by Crippen LogP contribution is -2.62. The third kappa shape index (κ3) is 2.68. The van der Waals surface area contributed by atoms with Crippen molar-refractivity contribution >= 4 is 5.91 Å². The van der Waals surface area contributed by atoms with Gasteiger partial charge in [0.2, 0.25) is 5.56 Å². The van der Waals surface area contributed by atoms with Gasteiger partial charge in [-0.05, 0) is 18.9 Å². The second-order valence-corrected chi connectivity index (χ2v) is 6.02. The van der Waals surface area contributed by atoms with Crippen molar-refractivity contribution in [2.24, 2.45) is 11.8 Å². The van der Waals surface area contributed by atoms with E-state index < -0.39 is 0 Å². The molecule has 120 valence electrons. The van der Waals surface area contributed by atoms with Gasteiger partial charge in [-0.25, -0.2) is 0 Å². The highest BCUT2D eigenvalue weighted by Crippen LogP contribution is 2.43. The summed E-state index contributed by atoms with van der Waals surface area (Å²) < 4.78 is 10.9. The monoisotopic (exact) mass is 306 g/mol. The molecule has 1 amide bonds. The molecule has 1 saturated carbocycles. The van der Waals surface area contributed by atoms with E-state index in [1.165, 1.54) is 6.07 Å². The van der Waals surface area contributed by atoms with Crippen molar-refractivity contribution in [1.29, 1.82) is 0 Å². The molecule has 0 aromatic carbocycles. The number of amides is 1. The van der Waals surface area contributed by atoms with E-state index in [2.05, 4.69) is 10.3 Å². The number of rotatable bonds is 5. The van der Waals surface area contributed by atoms with Crippen molar-refractivity contribution in [3.8, 4) is 0 Å². The fourth-order valence-electron chi connectivity index (χ4n) is 3.59. The van der Waals surface area contributed by atoms with Crippen LogP contribution in [0.2, 0.25) is 0 Å². The van der Waals surface area contributed by atoms with Crippen LogP contribution in [0.25, 0.3) is 0 Å². The van der Waals surface area contributed by atoms with Gasteiger partial charge in [0.15, 0.2) is 0 Å². The lowest BCUT2D eigenvalue weighted by Gasteiger charge is -2.47. The number of aryl methyl sites for hydroxylation is 1. The number of fused-ring (bicyclic) bond motifs is 1. The van der Waals surface area contributed by atoms with E-state index in [9.17, 15) is 9.59 Å². The first kappa shape index (κ1) is 15.2. The number of pyridine rings is 1. The minimum Gasteiger partial charge on any atom is -0.384 e. The van der Waals surface area contributed by atoms with Gasteiger partial charge in [0.25, 0.3) is 5.91 Å². The molecule has 2 aliphatic rings. The lowest BCUT2D eigenvalue weighted by atomic mass is 9.67. The highest BCUT2D eigenvalue weighted by molar-refractivity contribution is 5.94. The van der Waals surface area contributed by atoms with Crippen molar-refractivity contribution < 1.29 is 14.3 Å². The van der Waals surface area contributed by atoms with E-state index in [0.29, 0.717) is 24.5 Å². The van der Waals surface area contributed by atoms with Gasteiger partial charge in [-0.3, -0.25) is 9.59 Å². The molecule has 1 aromatic heterocycles. The van der Waals surface area contributed by atoms with E-state index in [-0.39, 0.29) is 29.5 Å². The molecule has 1 aromatic rings. The predicted octanol–water partition coefficient (Wildman–Crippen LogP) is 0.717. The Morgan fingerprint density at radius 3 is 3.05 bits per heavy atom. The Morgan fingerprint density at radius 2 is 2.32 bits per heavy atom. The molecule has 2 N–H and O–H groups in total. The van der Waals surface area contributed by atoms with Gasteiger partial charge >= 0.3 is 0 Å². The lowest BCUT2D eigenvalue weighted by molar-refractivity contribution is -0.0809. The average molecular weight is 306 g/mol. The summed E-state index contributed by atoms with van der Waals surface area (Å²) in [7, 11) is 1.66. The van der Waals surface area contributed by atoms with Gasteiger partial charge in [0, 0.05) is 48.9 Å². The molecule has 3 rings (SSSR count). The molecule has 6 heteroatoms. The van der Waals surface area contributed by atoms with E-state index in [4.69, 9.17) is 9.47 Å². The average Bonchev–Trinajstić information content (AvgIpc) is 2.93. The van der Waals surface area contributed by atoms with Gasteiger partial charge in [0.05, 0.1) is 12.7 Å². The highest BCUT2D eigenvalue weighted by Gasteiger charge is 2.54. The van der Waals surface area contributed by atoms with Gasteiger partial charge < -0.3 is 19.8 Å². The zero-order chi connectivity index (χ0) is 15.7. The second-order valence-electron chi connectivity index (χ2n) is 6.02. The van der Waals surface area contributed by atoms with Crippen LogP contribution in [0.5, 0.6) is 0 Å². The first-order chi connectivity index (χ1) is 10.6. The summed E-state index contributed by atoms with van der Waals surface area (Å²) in [5.74, 6) is 0.350. The van der Waals surface area contributed by atoms with Crippen LogP contribution in [-0.4, -0.2) is 43.4 Å². The minimum atomic E-state index is -0.242. The van der Waals surface area contributed by atoms with Crippen LogP contribution >= 0.6 is 0 Å². The molecular formula is C16H22N2O4. The summed E-state index contributed by atoms with van der Waals surface area (Å²) in [6, 6.07) is 3.15. The molecule has 0 spiro atoms. The number of ether oxygens (including phenoxy) is 2. The molecule has 0 bridgehead atoms. The number of nitrogens with one attached hydrogen (secondary N) is 2. The smallest absolute Gasteiger partial charge is 0.251 e. The van der Waals surface area contributed by atoms with Crippen molar-refractivity contribution in [1.82, 2.24) is 10.3 Å². The van der Waals surface area contributed by atoms with Crippen molar-refractivity contribution in [3.05, 3.63) is 33.7 Å². The Labute approximate surface area is 129 Å². The number of hydrogen-bond donors (Lipinski definition) is 2. The Morgan fingerprint density at radius 1 is 1.50 bits per heavy atom. The number of methoxy groups -OCH3 is 1. The van der Waals surface area contributed by atoms with Gasteiger partial charge in [-0.1, -0.05) is 6.92 Å². The first-order valence-corrected chi connectivity index (χ1v) is 7.78. The topological polar surface area (TPSA) is 80.4 Å². The van der Waals surface area contributed by atoms with Gasteiger partial charge in [0.1, 0.15) is 0 Å². The van der Waals surface area contributed by atoms with Gasteiger partial charge in [-0.15, -0.1) is 0 Å². The van der Waals surface area contributed by atoms with Crippen LogP contribution < -0.4 is 10.9 Å². The van der Waals surface area contributed by atoms with E-state index in [0.717, 1.165) is 18.7 Å². The molecule has 4 atom stereocenters. The second kappa shape index (κ2) is 6.22. The van der Waals surface area contributed by atoms with Crippen LogP contribution in [0.4, 0.5) is 0 Å². The number of H-pyrrole nitrogens is 1. The fourth-order valence-corrected chi connectivity index (χ4v) is 3.59. The van der Waals surface area contributed by atoms with Crippen LogP contribution in [-0.2, 0) is 15.9 Å². The molecule has 2 heterocycles. The Bertz CT molecular complexity index is 612. The highest BCUT2D eigenvalue weighted by atomic mass is 16.5. The molecule has 22 heavy (non-hydrogen) atoms. The molecule has 1 aliphatic carbocycles. The maximum Gasteiger partial charge on any atom is 0.251 e. The summed E-state index contributed by atoms with van der Waals surface area (Å²) in [5, 5.41) is 3.07. The van der Waals surface area contributed by atoms with E-state index >= 15 is 0 Å². The summed E-state index contributed by atoms with van der Waals surface area (Å²) in [6.07, 6.45) is 1.84. The minimum absolute atomic E-state index is 0.0596. The van der Waals surface area contributed by atoms with Gasteiger partial charge in [-0.2, -0.15) is 0 Å². The number of aromatic nitrogens is 1. The largest absolute Gasteiger partial charge is 0.384 e. The van der Waals surface area contributed by atoms with Crippen LogP contribution in [0, 0.1) is 11.8 Å². The predicted molar refractivity (Wildman–Crippen MR) is 80.9 cm³/mol. The molecule has 2 fully saturated rings. The number of carbonyl (C=O) groups excluding carboxylic acids is 1. The molecule has 0 radical (unpaired) electrons. The molecule has 1 aliphatic heterocycles. The molecule has 1 saturated heterocycles. The summed E-state index contributed by atoms with van der Waals surface area (Å²) in [6.45, 7) is 3.25.